The molecule has 0 spiro atoms. The van der Waals surface area contributed by atoms with Crippen molar-refractivity contribution in [3.63, 3.8) is 0 Å². The number of carbonyl (C=O) groups is 2. The van der Waals surface area contributed by atoms with E-state index >= 15 is 0 Å². The predicted molar refractivity (Wildman–Crippen MR) is 95.2 cm³/mol. The van der Waals surface area contributed by atoms with Crippen molar-refractivity contribution in [2.75, 3.05) is 0 Å². The van der Waals surface area contributed by atoms with Crippen LogP contribution < -0.4 is 11.1 Å². The van der Waals surface area contributed by atoms with Crippen molar-refractivity contribution in [3.05, 3.63) is 73.9 Å². The maximum atomic E-state index is 12.2. The van der Waals surface area contributed by atoms with E-state index in [1.165, 1.54) is 6.08 Å². The summed E-state index contributed by atoms with van der Waals surface area (Å²) in [6.45, 7) is 0. The minimum absolute atomic E-state index is 0.0203. The molecule has 0 heterocycles. The van der Waals surface area contributed by atoms with E-state index in [9.17, 15) is 9.59 Å². The minimum atomic E-state index is -0.714. The van der Waals surface area contributed by atoms with Gasteiger partial charge in [0.05, 0.1) is 5.56 Å². The predicted octanol–water partition coefficient (Wildman–Crippen LogP) is 3.20. The molecule has 0 aromatic heterocycles. The number of nitrogens with two attached hydrogens (primary N) is 1. The Labute approximate surface area is 146 Å². The van der Waals surface area contributed by atoms with Gasteiger partial charge >= 0.3 is 0 Å². The van der Waals surface area contributed by atoms with Crippen LogP contribution >= 0.6 is 34.2 Å². The maximum Gasteiger partial charge on any atom is 0.265 e. The Hall–Kier alpha value is -1.86. The van der Waals surface area contributed by atoms with Gasteiger partial charge < -0.3 is 11.1 Å². The highest BCUT2D eigenvalue weighted by Crippen LogP contribution is 2.14. The lowest BCUT2D eigenvalue weighted by molar-refractivity contribution is -0.114. The third-order valence-corrected chi connectivity index (χ3v) is 4.01. The first-order chi connectivity index (χ1) is 10.5. The number of hydrogen-bond acceptors (Lipinski definition) is 2. The van der Waals surface area contributed by atoms with Crippen molar-refractivity contribution in [1.82, 2.24) is 5.32 Å². The van der Waals surface area contributed by atoms with Crippen molar-refractivity contribution < 1.29 is 9.59 Å². The third kappa shape index (κ3) is 4.32. The standard InChI is InChI=1S/C16H12ClIN2O2/c17-11-7-5-10(6-8-11)9-14(15(19)21)20-16(22)12-3-1-2-4-13(12)18/h1-9H,(H2,19,21)(H,20,22)/b14-9+. The van der Waals surface area contributed by atoms with Crippen molar-refractivity contribution in [2.24, 2.45) is 5.73 Å². The minimum Gasteiger partial charge on any atom is -0.364 e. The molecule has 3 N–H and O–H groups in total. The molecule has 2 rings (SSSR count). The Bertz CT molecular complexity index is 742. The Morgan fingerprint density at radius 3 is 2.32 bits per heavy atom. The van der Waals surface area contributed by atoms with Crippen LogP contribution in [0.2, 0.25) is 5.02 Å². The summed E-state index contributed by atoms with van der Waals surface area (Å²) < 4.78 is 0.785. The van der Waals surface area contributed by atoms with Crippen LogP contribution in [0, 0.1) is 3.57 Å². The summed E-state index contributed by atoms with van der Waals surface area (Å²) in [7, 11) is 0. The summed E-state index contributed by atoms with van der Waals surface area (Å²) in [5.41, 5.74) is 6.54. The highest BCUT2D eigenvalue weighted by Gasteiger charge is 2.13. The molecule has 0 aliphatic carbocycles. The monoisotopic (exact) mass is 426 g/mol. The van der Waals surface area contributed by atoms with Crippen LogP contribution in [-0.4, -0.2) is 11.8 Å². The second-order valence-electron chi connectivity index (χ2n) is 4.41. The van der Waals surface area contributed by atoms with Crippen LogP contribution in [0.25, 0.3) is 6.08 Å². The number of primary amides is 1. The summed E-state index contributed by atoms with van der Waals surface area (Å²) in [4.78, 5) is 23.8. The Balaban J connectivity index is 2.26. The zero-order valence-electron chi connectivity index (χ0n) is 11.3. The zero-order valence-corrected chi connectivity index (χ0v) is 14.3. The normalized spacial score (nSPS) is 11.1. The van der Waals surface area contributed by atoms with Gasteiger partial charge in [-0.15, -0.1) is 0 Å². The first-order valence-electron chi connectivity index (χ1n) is 6.30. The number of halogens is 2. The summed E-state index contributed by atoms with van der Waals surface area (Å²) in [6.07, 6.45) is 1.51. The molecule has 22 heavy (non-hydrogen) atoms. The van der Waals surface area contributed by atoms with E-state index in [4.69, 9.17) is 17.3 Å². The van der Waals surface area contributed by atoms with Gasteiger partial charge in [-0.3, -0.25) is 9.59 Å². The van der Waals surface area contributed by atoms with E-state index in [1.807, 2.05) is 12.1 Å². The van der Waals surface area contributed by atoms with Gasteiger partial charge in [-0.25, -0.2) is 0 Å². The van der Waals surface area contributed by atoms with Gasteiger partial charge in [-0.2, -0.15) is 0 Å². The molecule has 0 unspecified atom stereocenters. The van der Waals surface area contributed by atoms with Gasteiger partial charge in [0, 0.05) is 8.59 Å². The number of nitrogens with one attached hydrogen (secondary N) is 1. The molecule has 2 aromatic rings. The maximum absolute atomic E-state index is 12.2. The van der Waals surface area contributed by atoms with E-state index in [2.05, 4.69) is 27.9 Å². The highest BCUT2D eigenvalue weighted by molar-refractivity contribution is 14.1. The SMILES string of the molecule is NC(=O)/C(=C\c1ccc(Cl)cc1)NC(=O)c1ccccc1I. The van der Waals surface area contributed by atoms with Gasteiger partial charge in [0.2, 0.25) is 0 Å². The van der Waals surface area contributed by atoms with Crippen LogP contribution in [0.3, 0.4) is 0 Å². The lowest BCUT2D eigenvalue weighted by atomic mass is 10.1. The number of rotatable bonds is 4. The Kier molecular flexibility index (Phi) is 5.57. The first kappa shape index (κ1) is 16.5. The molecule has 2 aromatic carbocycles. The average Bonchev–Trinajstić information content (AvgIpc) is 2.49. The molecule has 0 bridgehead atoms. The highest BCUT2D eigenvalue weighted by atomic mass is 127. The summed E-state index contributed by atoms with van der Waals surface area (Å²) in [5.74, 6) is -1.10. The molecule has 0 radical (unpaired) electrons. The molecule has 2 amide bonds. The van der Waals surface area contributed by atoms with Crippen LogP contribution in [0.4, 0.5) is 0 Å². The van der Waals surface area contributed by atoms with Gasteiger partial charge in [-0.1, -0.05) is 35.9 Å². The van der Waals surface area contributed by atoms with Crippen LogP contribution in [0.5, 0.6) is 0 Å². The van der Waals surface area contributed by atoms with E-state index in [-0.39, 0.29) is 11.6 Å². The molecule has 0 saturated heterocycles. The molecule has 0 aliphatic heterocycles. The Morgan fingerprint density at radius 2 is 1.73 bits per heavy atom. The van der Waals surface area contributed by atoms with Crippen molar-refractivity contribution >= 4 is 52.1 Å². The molecule has 6 heteroatoms. The molecule has 0 fully saturated rings. The quantitative estimate of drug-likeness (QED) is 0.582. The summed E-state index contributed by atoms with van der Waals surface area (Å²) >= 11 is 7.87. The average molecular weight is 427 g/mol. The third-order valence-electron chi connectivity index (χ3n) is 2.81. The molecule has 112 valence electrons. The fraction of sp³-hybridized carbons (Fsp3) is 0. The van der Waals surface area contributed by atoms with E-state index in [1.54, 1.807) is 36.4 Å². The Morgan fingerprint density at radius 1 is 1.09 bits per heavy atom. The fourth-order valence-corrected chi connectivity index (χ4v) is 2.49. The van der Waals surface area contributed by atoms with E-state index < -0.39 is 5.91 Å². The lowest BCUT2D eigenvalue weighted by Crippen LogP contribution is -2.31. The zero-order chi connectivity index (χ0) is 16.1. The molecule has 4 nitrogen and oxygen atoms in total. The van der Waals surface area contributed by atoms with Crippen LogP contribution in [0.1, 0.15) is 15.9 Å². The van der Waals surface area contributed by atoms with E-state index in [0.29, 0.717) is 16.1 Å². The van der Waals surface area contributed by atoms with Gasteiger partial charge in [0.25, 0.3) is 11.8 Å². The topological polar surface area (TPSA) is 72.2 Å². The van der Waals surface area contributed by atoms with E-state index in [0.717, 1.165) is 3.57 Å². The van der Waals surface area contributed by atoms with Gasteiger partial charge in [0.15, 0.2) is 0 Å². The molecule has 0 atom stereocenters. The number of carbonyl (C=O) groups excluding carboxylic acids is 2. The second-order valence-corrected chi connectivity index (χ2v) is 6.01. The number of benzene rings is 2. The smallest absolute Gasteiger partial charge is 0.265 e. The molecule has 0 saturated carbocycles. The number of amides is 2. The van der Waals surface area contributed by atoms with Crippen molar-refractivity contribution in [2.45, 2.75) is 0 Å². The van der Waals surface area contributed by atoms with Crippen molar-refractivity contribution in [3.8, 4) is 0 Å². The molecular formula is C16H12ClIN2O2. The second kappa shape index (κ2) is 7.42. The lowest BCUT2D eigenvalue weighted by Gasteiger charge is -2.08. The summed E-state index contributed by atoms with van der Waals surface area (Å²) in [6, 6.07) is 13.9. The van der Waals surface area contributed by atoms with Crippen LogP contribution in [0.15, 0.2) is 54.2 Å². The first-order valence-corrected chi connectivity index (χ1v) is 7.76. The molecular weight excluding hydrogens is 415 g/mol. The fourth-order valence-electron chi connectivity index (χ4n) is 1.73. The van der Waals surface area contributed by atoms with Crippen LogP contribution in [-0.2, 0) is 4.79 Å². The summed E-state index contributed by atoms with van der Waals surface area (Å²) in [5, 5.41) is 3.13. The van der Waals surface area contributed by atoms with Gasteiger partial charge in [-0.05, 0) is 58.5 Å². The number of hydrogen-bond donors (Lipinski definition) is 2. The van der Waals surface area contributed by atoms with Gasteiger partial charge in [0.1, 0.15) is 5.70 Å². The van der Waals surface area contributed by atoms with Crippen molar-refractivity contribution in [1.29, 1.82) is 0 Å². The molecule has 0 aliphatic rings. The largest absolute Gasteiger partial charge is 0.364 e.